The van der Waals surface area contributed by atoms with Gasteiger partial charge in [0.25, 0.3) is 0 Å². The number of aliphatic hydroxyl groups is 1. The Morgan fingerprint density at radius 1 is 1.17 bits per heavy atom. The zero-order chi connectivity index (χ0) is 13.4. The van der Waals surface area contributed by atoms with Crippen molar-refractivity contribution in [3.05, 3.63) is 40.0 Å². The molecule has 0 spiro atoms. The summed E-state index contributed by atoms with van der Waals surface area (Å²) in [6, 6.07) is 4.57. The van der Waals surface area contributed by atoms with Crippen molar-refractivity contribution >= 4 is 5.57 Å². The third-order valence-corrected chi connectivity index (χ3v) is 4.51. The third-order valence-electron chi connectivity index (χ3n) is 4.51. The summed E-state index contributed by atoms with van der Waals surface area (Å²) < 4.78 is 0. The van der Waals surface area contributed by atoms with Gasteiger partial charge in [-0.05, 0) is 55.9 Å². The van der Waals surface area contributed by atoms with E-state index in [2.05, 4.69) is 46.8 Å². The molecule has 98 valence electrons. The summed E-state index contributed by atoms with van der Waals surface area (Å²) in [4.78, 5) is 0. The first kappa shape index (κ1) is 13.4. The first-order valence-electron chi connectivity index (χ1n) is 6.91. The smallest absolute Gasteiger partial charge is 0.0468 e. The molecule has 0 bridgehead atoms. The summed E-state index contributed by atoms with van der Waals surface area (Å²) in [6.45, 7) is 11.3. The molecule has 0 amide bonds. The van der Waals surface area contributed by atoms with Crippen LogP contribution in [0.2, 0.25) is 0 Å². The van der Waals surface area contributed by atoms with Crippen molar-refractivity contribution in [2.45, 2.75) is 47.0 Å². The minimum atomic E-state index is 0.276. The van der Waals surface area contributed by atoms with Gasteiger partial charge in [0.05, 0.1) is 0 Å². The van der Waals surface area contributed by atoms with E-state index in [0.29, 0.717) is 11.8 Å². The number of aryl methyl sites for hydroxylation is 2. The minimum absolute atomic E-state index is 0.276. The summed E-state index contributed by atoms with van der Waals surface area (Å²) in [6.07, 6.45) is 1.03. The van der Waals surface area contributed by atoms with Crippen molar-refractivity contribution in [3.63, 3.8) is 0 Å². The topological polar surface area (TPSA) is 20.2 Å². The zero-order valence-corrected chi connectivity index (χ0v) is 12.2. The zero-order valence-electron chi connectivity index (χ0n) is 12.2. The van der Waals surface area contributed by atoms with Gasteiger partial charge in [0.15, 0.2) is 0 Å². The lowest BCUT2D eigenvalue weighted by Crippen LogP contribution is -2.16. The Labute approximate surface area is 111 Å². The molecule has 0 aromatic heterocycles. The van der Waals surface area contributed by atoms with Crippen LogP contribution in [0.15, 0.2) is 17.7 Å². The van der Waals surface area contributed by atoms with Gasteiger partial charge in [-0.15, -0.1) is 0 Å². The first-order chi connectivity index (χ1) is 8.51. The molecule has 1 aliphatic carbocycles. The van der Waals surface area contributed by atoms with Crippen molar-refractivity contribution in [2.24, 2.45) is 5.92 Å². The van der Waals surface area contributed by atoms with Gasteiger partial charge in [-0.25, -0.2) is 0 Å². The molecule has 0 saturated carbocycles. The van der Waals surface area contributed by atoms with E-state index in [1.54, 1.807) is 0 Å². The van der Waals surface area contributed by atoms with Crippen LogP contribution in [0, 0.1) is 19.8 Å². The van der Waals surface area contributed by atoms with E-state index in [1.807, 2.05) is 0 Å². The minimum Gasteiger partial charge on any atom is -0.396 e. The second-order valence-corrected chi connectivity index (χ2v) is 5.68. The second kappa shape index (κ2) is 4.89. The van der Waals surface area contributed by atoms with Crippen LogP contribution in [-0.4, -0.2) is 11.7 Å². The van der Waals surface area contributed by atoms with Crippen LogP contribution in [0.25, 0.3) is 5.57 Å². The lowest BCUT2D eigenvalue weighted by atomic mass is 9.82. The molecule has 1 unspecified atom stereocenters. The van der Waals surface area contributed by atoms with E-state index < -0.39 is 0 Å². The van der Waals surface area contributed by atoms with Gasteiger partial charge in [-0.1, -0.05) is 36.6 Å². The van der Waals surface area contributed by atoms with Crippen LogP contribution < -0.4 is 0 Å². The molecule has 0 saturated heterocycles. The van der Waals surface area contributed by atoms with Gasteiger partial charge in [0.2, 0.25) is 0 Å². The Hall–Kier alpha value is -1.08. The summed E-state index contributed by atoms with van der Waals surface area (Å²) in [7, 11) is 0. The van der Waals surface area contributed by atoms with Gasteiger partial charge in [0.1, 0.15) is 0 Å². The lowest BCUT2D eigenvalue weighted by molar-refractivity contribution is 0.209. The largest absolute Gasteiger partial charge is 0.396 e. The van der Waals surface area contributed by atoms with E-state index in [4.69, 9.17) is 0 Å². The average Bonchev–Trinajstić information content (AvgIpc) is 2.55. The fourth-order valence-electron chi connectivity index (χ4n) is 3.50. The highest BCUT2D eigenvalue weighted by Gasteiger charge is 2.32. The molecule has 0 fully saturated rings. The van der Waals surface area contributed by atoms with Gasteiger partial charge in [-0.3, -0.25) is 0 Å². The fraction of sp³-hybridized carbons (Fsp3) is 0.529. The highest BCUT2D eigenvalue weighted by molar-refractivity contribution is 5.79. The Morgan fingerprint density at radius 2 is 1.83 bits per heavy atom. The van der Waals surface area contributed by atoms with Gasteiger partial charge in [0, 0.05) is 12.5 Å². The highest BCUT2D eigenvalue weighted by Crippen LogP contribution is 2.47. The van der Waals surface area contributed by atoms with E-state index >= 15 is 0 Å². The predicted molar refractivity (Wildman–Crippen MR) is 77.8 cm³/mol. The van der Waals surface area contributed by atoms with Gasteiger partial charge >= 0.3 is 0 Å². The molecule has 1 nitrogen and oxygen atoms in total. The van der Waals surface area contributed by atoms with Crippen molar-refractivity contribution in [2.75, 3.05) is 6.61 Å². The van der Waals surface area contributed by atoms with Crippen LogP contribution in [0.5, 0.6) is 0 Å². The van der Waals surface area contributed by atoms with Crippen LogP contribution in [0.3, 0.4) is 0 Å². The van der Waals surface area contributed by atoms with Crippen molar-refractivity contribution in [1.82, 2.24) is 0 Å². The molecule has 1 heteroatoms. The molecule has 18 heavy (non-hydrogen) atoms. The number of hydrogen-bond donors (Lipinski definition) is 1. The molecule has 2 atom stereocenters. The second-order valence-electron chi connectivity index (χ2n) is 5.68. The predicted octanol–water partition coefficient (Wildman–Crippen LogP) is 4.21. The van der Waals surface area contributed by atoms with Gasteiger partial charge < -0.3 is 5.11 Å². The van der Waals surface area contributed by atoms with Crippen LogP contribution in [0.4, 0.5) is 0 Å². The molecule has 0 radical (unpaired) electrons. The molecule has 1 aromatic rings. The summed E-state index contributed by atoms with van der Waals surface area (Å²) in [5.41, 5.74) is 8.42. The van der Waals surface area contributed by atoms with Crippen molar-refractivity contribution in [3.8, 4) is 0 Å². The number of hydrogen-bond acceptors (Lipinski definition) is 1. The molecule has 1 aliphatic rings. The molecular formula is C17H24O. The Bertz CT molecular complexity index is 493. The van der Waals surface area contributed by atoms with Crippen LogP contribution >= 0.6 is 0 Å². The number of fused-ring (bicyclic) bond motifs is 1. The standard InChI is InChI=1S/C17H24O/c1-6-14(9-18)17-13(5)12(4)16-11(3)7-10(2)8-15(16)17/h7-8,14,17-18H,6,9H2,1-5H3/t14-,17?/m0/s1. The maximum atomic E-state index is 9.63. The van der Waals surface area contributed by atoms with Crippen LogP contribution in [0.1, 0.15) is 55.4 Å². The monoisotopic (exact) mass is 244 g/mol. The van der Waals surface area contributed by atoms with E-state index in [9.17, 15) is 5.11 Å². The van der Waals surface area contributed by atoms with E-state index in [-0.39, 0.29) is 6.61 Å². The molecule has 2 rings (SSSR count). The van der Waals surface area contributed by atoms with Gasteiger partial charge in [-0.2, -0.15) is 0 Å². The van der Waals surface area contributed by atoms with Crippen LogP contribution in [-0.2, 0) is 0 Å². The normalized spacial score (nSPS) is 20.2. The highest BCUT2D eigenvalue weighted by atomic mass is 16.3. The maximum Gasteiger partial charge on any atom is 0.0468 e. The third kappa shape index (κ3) is 1.91. The fourth-order valence-corrected chi connectivity index (χ4v) is 3.50. The molecular weight excluding hydrogens is 220 g/mol. The Kier molecular flexibility index (Phi) is 3.63. The summed E-state index contributed by atoms with van der Waals surface area (Å²) in [5, 5.41) is 9.63. The quantitative estimate of drug-likeness (QED) is 0.844. The lowest BCUT2D eigenvalue weighted by Gasteiger charge is -2.23. The maximum absolute atomic E-state index is 9.63. The van der Waals surface area contributed by atoms with Crippen molar-refractivity contribution < 1.29 is 5.11 Å². The Balaban J connectivity index is 2.61. The molecule has 1 aromatic carbocycles. The van der Waals surface area contributed by atoms with Crippen molar-refractivity contribution in [1.29, 1.82) is 0 Å². The molecule has 0 aliphatic heterocycles. The first-order valence-corrected chi connectivity index (χ1v) is 6.91. The molecule has 0 heterocycles. The number of rotatable bonds is 3. The molecule has 1 N–H and O–H groups in total. The summed E-state index contributed by atoms with van der Waals surface area (Å²) in [5.74, 6) is 0.760. The summed E-state index contributed by atoms with van der Waals surface area (Å²) >= 11 is 0. The van der Waals surface area contributed by atoms with E-state index in [1.165, 1.54) is 33.4 Å². The Morgan fingerprint density at radius 3 is 2.39 bits per heavy atom. The number of benzene rings is 1. The number of allylic oxidation sites excluding steroid dienone is 2. The van der Waals surface area contributed by atoms with E-state index in [0.717, 1.165) is 6.42 Å². The number of aliphatic hydroxyl groups excluding tert-OH is 1. The SMILES string of the molecule is CC[C@@H](CO)C1C(C)=C(C)c2c(C)cc(C)cc21. The average molecular weight is 244 g/mol.